The number of benzene rings is 1. The zero-order valence-electron chi connectivity index (χ0n) is 15.9. The van der Waals surface area contributed by atoms with E-state index in [-0.39, 0.29) is 19.0 Å². The fourth-order valence-electron chi connectivity index (χ4n) is 3.19. The van der Waals surface area contributed by atoms with Crippen molar-refractivity contribution in [2.24, 2.45) is 0 Å². The van der Waals surface area contributed by atoms with Crippen LogP contribution in [0.5, 0.6) is 5.75 Å². The highest BCUT2D eigenvalue weighted by atomic mass is 16.5. The van der Waals surface area contributed by atoms with Crippen LogP contribution in [-0.4, -0.2) is 48.8 Å². The Balaban J connectivity index is 1.79. The minimum absolute atomic E-state index is 0.0936. The maximum atomic E-state index is 12.9. The van der Waals surface area contributed by atoms with Crippen molar-refractivity contribution in [2.75, 3.05) is 0 Å². The minimum atomic E-state index is -1.06. The van der Waals surface area contributed by atoms with Gasteiger partial charge in [0.25, 0.3) is 5.91 Å². The van der Waals surface area contributed by atoms with Gasteiger partial charge in [-0.1, -0.05) is 26.0 Å². The maximum absolute atomic E-state index is 12.9. The summed E-state index contributed by atoms with van der Waals surface area (Å²) >= 11 is 0. The molecule has 2 aromatic rings. The molecule has 144 valence electrons. The monoisotopic (exact) mass is 372 g/mol. The van der Waals surface area contributed by atoms with E-state index in [0.717, 1.165) is 5.56 Å². The lowest BCUT2D eigenvalue weighted by Crippen LogP contribution is -2.54. The summed E-state index contributed by atoms with van der Waals surface area (Å²) in [6, 6.07) is 6.60. The van der Waals surface area contributed by atoms with Crippen LogP contribution in [-0.2, 0) is 22.7 Å². The first-order valence-corrected chi connectivity index (χ1v) is 8.96. The number of aryl methyl sites for hydroxylation is 1. The second kappa shape index (κ2) is 7.38. The van der Waals surface area contributed by atoms with E-state index < -0.39 is 18.1 Å². The normalized spacial score (nSPS) is 17.5. The molecule has 1 amide bonds. The van der Waals surface area contributed by atoms with Gasteiger partial charge in [0, 0.05) is 0 Å². The Morgan fingerprint density at radius 2 is 2.00 bits per heavy atom. The zero-order chi connectivity index (χ0) is 19.7. The van der Waals surface area contributed by atoms with E-state index in [0.29, 0.717) is 23.3 Å². The Morgan fingerprint density at radius 3 is 2.67 bits per heavy atom. The van der Waals surface area contributed by atoms with Gasteiger partial charge in [-0.05, 0) is 37.5 Å². The van der Waals surface area contributed by atoms with Crippen LogP contribution in [0.4, 0.5) is 0 Å². The van der Waals surface area contributed by atoms with Gasteiger partial charge in [-0.3, -0.25) is 4.79 Å². The average Bonchev–Trinajstić information content (AvgIpc) is 3.00. The fraction of sp³-hybridized carbons (Fsp3) is 0.474. The van der Waals surface area contributed by atoms with Gasteiger partial charge in [-0.15, -0.1) is 10.2 Å². The number of carboxylic acid groups (broad SMARTS) is 1. The van der Waals surface area contributed by atoms with E-state index in [1.54, 1.807) is 24.5 Å². The summed E-state index contributed by atoms with van der Waals surface area (Å²) in [5.41, 5.74) is 1.11. The third-order valence-electron chi connectivity index (χ3n) is 4.81. The molecule has 0 saturated carbocycles. The number of carbonyl (C=O) groups is 2. The summed E-state index contributed by atoms with van der Waals surface area (Å²) in [6.45, 7) is 7.78. The molecule has 3 rings (SSSR count). The van der Waals surface area contributed by atoms with Gasteiger partial charge in [0.1, 0.15) is 17.6 Å². The number of aromatic nitrogens is 3. The summed E-state index contributed by atoms with van der Waals surface area (Å²) in [4.78, 5) is 26.0. The van der Waals surface area contributed by atoms with E-state index in [1.807, 2.05) is 18.2 Å². The zero-order valence-corrected chi connectivity index (χ0v) is 15.9. The maximum Gasteiger partial charge on any atom is 0.328 e. The highest BCUT2D eigenvalue weighted by Gasteiger charge is 2.38. The lowest BCUT2D eigenvalue weighted by Gasteiger charge is -2.35. The van der Waals surface area contributed by atoms with Gasteiger partial charge in [-0.2, -0.15) is 0 Å². The molecule has 0 aliphatic carbocycles. The van der Waals surface area contributed by atoms with Gasteiger partial charge in [0.2, 0.25) is 0 Å². The number of rotatable bonds is 5. The summed E-state index contributed by atoms with van der Waals surface area (Å²) in [7, 11) is 0. The van der Waals surface area contributed by atoms with Crippen LogP contribution in [0.15, 0.2) is 24.3 Å². The molecule has 0 bridgehead atoms. The molecule has 0 saturated heterocycles. The van der Waals surface area contributed by atoms with Crippen LogP contribution < -0.4 is 4.74 Å². The predicted molar refractivity (Wildman–Crippen MR) is 97.4 cm³/mol. The lowest BCUT2D eigenvalue weighted by atomic mass is 10.0. The molecule has 1 aliphatic rings. The van der Waals surface area contributed by atoms with Crippen LogP contribution >= 0.6 is 0 Å². The Hall–Kier alpha value is -2.90. The van der Waals surface area contributed by atoms with Gasteiger partial charge in [-0.25, -0.2) is 4.79 Å². The van der Waals surface area contributed by atoms with Crippen molar-refractivity contribution in [1.82, 2.24) is 19.7 Å². The molecule has 1 aromatic carbocycles. The number of nitrogens with zero attached hydrogens (tertiary/aromatic N) is 4. The smallest absolute Gasteiger partial charge is 0.328 e. The van der Waals surface area contributed by atoms with E-state index in [9.17, 15) is 14.7 Å². The Labute approximate surface area is 157 Å². The SMILES string of the molecule is Cc1nnc2n1CC(C(=O)O)N(C(=O)C(C)Oc1cccc(C(C)C)c1)C2. The molecule has 1 aliphatic heterocycles. The van der Waals surface area contributed by atoms with Crippen molar-refractivity contribution < 1.29 is 19.4 Å². The highest BCUT2D eigenvalue weighted by molar-refractivity contribution is 5.86. The van der Waals surface area contributed by atoms with Crippen molar-refractivity contribution in [3.8, 4) is 5.75 Å². The molecule has 2 unspecified atom stereocenters. The van der Waals surface area contributed by atoms with E-state index >= 15 is 0 Å². The number of aliphatic carboxylic acids is 1. The number of carboxylic acids is 1. The Morgan fingerprint density at radius 1 is 1.26 bits per heavy atom. The first-order chi connectivity index (χ1) is 12.8. The third kappa shape index (κ3) is 3.79. The summed E-state index contributed by atoms with van der Waals surface area (Å²) < 4.78 is 7.55. The molecule has 0 fully saturated rings. The third-order valence-corrected chi connectivity index (χ3v) is 4.81. The standard InChI is InChI=1S/C19H24N4O4/c1-11(2)14-6-5-7-15(8-14)27-12(3)18(24)23-10-17-21-20-13(4)22(17)9-16(23)19(25)26/h5-8,11-12,16H,9-10H2,1-4H3,(H,25,26). The predicted octanol–water partition coefficient (Wildman–Crippen LogP) is 1.97. The quantitative estimate of drug-likeness (QED) is 0.862. The molecular formula is C19H24N4O4. The number of amides is 1. The van der Waals surface area contributed by atoms with E-state index in [4.69, 9.17) is 4.74 Å². The van der Waals surface area contributed by atoms with Crippen LogP contribution in [0.2, 0.25) is 0 Å². The summed E-state index contributed by atoms with van der Waals surface area (Å²) in [6.07, 6.45) is -0.815. The van der Waals surface area contributed by atoms with Crippen LogP contribution in [0.25, 0.3) is 0 Å². The molecule has 8 nitrogen and oxygen atoms in total. The van der Waals surface area contributed by atoms with Gasteiger partial charge >= 0.3 is 5.97 Å². The van der Waals surface area contributed by atoms with E-state index in [2.05, 4.69) is 24.0 Å². The molecule has 1 N–H and O–H groups in total. The summed E-state index contributed by atoms with van der Waals surface area (Å²) in [5.74, 6) is 0.698. The topological polar surface area (TPSA) is 97.5 Å². The summed E-state index contributed by atoms with van der Waals surface area (Å²) in [5, 5.41) is 17.6. The number of carbonyl (C=O) groups excluding carboxylic acids is 1. The molecule has 1 aromatic heterocycles. The molecule has 2 atom stereocenters. The van der Waals surface area contributed by atoms with Crippen LogP contribution in [0.3, 0.4) is 0 Å². The van der Waals surface area contributed by atoms with Gasteiger partial charge in [0.15, 0.2) is 11.9 Å². The first-order valence-electron chi connectivity index (χ1n) is 8.96. The number of ether oxygens (including phenoxy) is 1. The largest absolute Gasteiger partial charge is 0.481 e. The molecular weight excluding hydrogens is 348 g/mol. The average molecular weight is 372 g/mol. The second-order valence-corrected chi connectivity index (χ2v) is 7.08. The molecule has 0 radical (unpaired) electrons. The van der Waals surface area contributed by atoms with Crippen LogP contribution in [0.1, 0.15) is 43.9 Å². The molecule has 0 spiro atoms. The Kier molecular flexibility index (Phi) is 5.16. The number of hydrogen-bond donors (Lipinski definition) is 1. The lowest BCUT2D eigenvalue weighted by molar-refractivity contribution is -0.155. The molecule has 8 heteroatoms. The first kappa shape index (κ1) is 18.9. The molecule has 2 heterocycles. The van der Waals surface area contributed by atoms with Crippen molar-refractivity contribution in [2.45, 2.75) is 58.8 Å². The van der Waals surface area contributed by atoms with Gasteiger partial charge in [0.05, 0.1) is 13.1 Å². The van der Waals surface area contributed by atoms with Crippen molar-refractivity contribution >= 4 is 11.9 Å². The van der Waals surface area contributed by atoms with Crippen molar-refractivity contribution in [1.29, 1.82) is 0 Å². The van der Waals surface area contributed by atoms with Gasteiger partial charge < -0.3 is 19.3 Å². The number of fused-ring (bicyclic) bond motifs is 1. The van der Waals surface area contributed by atoms with E-state index in [1.165, 1.54) is 4.90 Å². The molecule has 27 heavy (non-hydrogen) atoms. The Bertz CT molecular complexity index is 861. The van der Waals surface area contributed by atoms with Crippen LogP contribution in [0, 0.1) is 6.92 Å². The fourth-order valence-corrected chi connectivity index (χ4v) is 3.19. The second-order valence-electron chi connectivity index (χ2n) is 7.08. The van der Waals surface area contributed by atoms with Crippen molar-refractivity contribution in [3.05, 3.63) is 41.5 Å². The highest BCUT2D eigenvalue weighted by Crippen LogP contribution is 2.23. The minimum Gasteiger partial charge on any atom is -0.481 e. The van der Waals surface area contributed by atoms with Crippen molar-refractivity contribution in [3.63, 3.8) is 0 Å². The number of hydrogen-bond acceptors (Lipinski definition) is 5.